The molecular weight excluding hydrogens is 965 g/mol. The second-order valence-electron chi connectivity index (χ2n) is 21.3. The fourth-order valence-electron chi connectivity index (χ4n) is 13.4. The number of hydrogen-bond donors (Lipinski definition) is 0. The highest BCUT2D eigenvalue weighted by Gasteiger charge is 2.33. The number of benzene rings is 10. The Morgan fingerprint density at radius 2 is 0.921 bits per heavy atom. The lowest BCUT2D eigenvalue weighted by Gasteiger charge is -2.28. The van der Waals surface area contributed by atoms with E-state index in [0.29, 0.717) is 41.6 Å². The third kappa shape index (κ3) is 7.70. The number of alkyl halides is 6. The summed E-state index contributed by atoms with van der Waals surface area (Å²) >= 11 is 0. The van der Waals surface area contributed by atoms with Crippen LogP contribution in [0.2, 0.25) is 0 Å². The summed E-state index contributed by atoms with van der Waals surface area (Å²) in [5, 5.41) is 9.89. The van der Waals surface area contributed by atoms with E-state index in [1.807, 2.05) is 23.1 Å². The van der Waals surface area contributed by atoms with Gasteiger partial charge in [0, 0.05) is 38.5 Å². The van der Waals surface area contributed by atoms with E-state index in [2.05, 4.69) is 103 Å². The van der Waals surface area contributed by atoms with Crippen molar-refractivity contribution in [3.8, 4) is 0 Å². The molecule has 0 aliphatic heterocycles. The lowest BCUT2D eigenvalue weighted by Crippen LogP contribution is -2.12. The summed E-state index contributed by atoms with van der Waals surface area (Å²) in [5.41, 5.74) is 9.07. The molecule has 2 aromatic heterocycles. The lowest BCUT2D eigenvalue weighted by molar-refractivity contribution is -0.138. The Bertz CT molecular complexity index is 4170. The fourth-order valence-corrected chi connectivity index (χ4v) is 13.4. The van der Waals surface area contributed by atoms with Crippen molar-refractivity contribution in [2.24, 2.45) is 0 Å². The van der Waals surface area contributed by atoms with Gasteiger partial charge < -0.3 is 13.7 Å². The largest absolute Gasteiger partial charge is 0.455 e. The van der Waals surface area contributed by atoms with Crippen LogP contribution in [-0.2, 0) is 18.8 Å². The average molecular weight is 1020 g/mol. The molecule has 378 valence electrons. The first-order valence-electron chi connectivity index (χ1n) is 26.7. The van der Waals surface area contributed by atoms with Gasteiger partial charge in [0.2, 0.25) is 0 Å². The first-order chi connectivity index (χ1) is 37.0. The molecule has 2 saturated carbocycles. The minimum absolute atomic E-state index is 0.316. The summed E-state index contributed by atoms with van der Waals surface area (Å²) in [6, 6.07) is 52.8. The van der Waals surface area contributed by atoms with E-state index in [0.717, 1.165) is 131 Å². The van der Waals surface area contributed by atoms with Gasteiger partial charge in [0.05, 0.1) is 22.5 Å². The van der Waals surface area contributed by atoms with E-state index in [-0.39, 0.29) is 5.92 Å². The smallest absolute Gasteiger partial charge is 0.416 e. The van der Waals surface area contributed by atoms with E-state index in [1.54, 1.807) is 12.1 Å². The van der Waals surface area contributed by atoms with Crippen LogP contribution in [0.25, 0.3) is 76.2 Å². The highest BCUT2D eigenvalue weighted by Crippen LogP contribution is 2.50. The highest BCUT2D eigenvalue weighted by atomic mass is 19.4. The van der Waals surface area contributed by atoms with E-state index >= 15 is 0 Å². The van der Waals surface area contributed by atoms with Crippen molar-refractivity contribution in [3.05, 3.63) is 209 Å². The van der Waals surface area contributed by atoms with Gasteiger partial charge in [-0.3, -0.25) is 0 Å². The van der Waals surface area contributed by atoms with Crippen LogP contribution in [0.5, 0.6) is 0 Å². The predicted molar refractivity (Wildman–Crippen MR) is 295 cm³/mol. The Morgan fingerprint density at radius 1 is 0.434 bits per heavy atom. The van der Waals surface area contributed by atoms with Gasteiger partial charge in [0.15, 0.2) is 5.58 Å². The van der Waals surface area contributed by atoms with Crippen LogP contribution in [0.1, 0.15) is 114 Å². The third-order valence-corrected chi connectivity index (χ3v) is 17.1. The van der Waals surface area contributed by atoms with Gasteiger partial charge in [-0.25, -0.2) is 0 Å². The van der Waals surface area contributed by atoms with Gasteiger partial charge >= 0.3 is 12.4 Å². The van der Waals surface area contributed by atoms with Gasteiger partial charge in [-0.1, -0.05) is 147 Å². The maximum absolute atomic E-state index is 14.2. The summed E-state index contributed by atoms with van der Waals surface area (Å²) in [6.07, 6.45) is 1.41. The topological polar surface area (TPSA) is 29.5 Å². The number of fused-ring (bicyclic) bond motifs is 6. The number of furan rings is 2. The monoisotopic (exact) mass is 1020 g/mol. The molecule has 3 nitrogen and oxygen atoms in total. The molecule has 76 heavy (non-hydrogen) atoms. The number of aryl methyl sites for hydroxylation is 1. The number of rotatable bonds is 10. The second-order valence-corrected chi connectivity index (χ2v) is 21.3. The van der Waals surface area contributed by atoms with Crippen LogP contribution in [0.4, 0.5) is 43.4 Å². The standard InChI is InChI=1S/C67H51F6NO2/c68-66(69,70)45-28-21-41(22-29-45)48(34-26-44-13-5-16-53-54-17-6-14-49(39-9-1-2-10-39)63(54)75-62(44)53)51-35-23-42-25-37-57-58(38-27-43-24-36-52(51)60(42)61(43)57)74(47-32-30-46(31-33-47)67(71,72)73)59-20-8-19-56-55-18-7-15-50(40-11-3-4-12-40)64(55)76-65(56)59/h5-8,13-25,27-33,35-40,48H,1-4,9-12,26,34H2. The molecule has 2 aliphatic rings. The van der Waals surface area contributed by atoms with Crippen LogP contribution >= 0.6 is 0 Å². The zero-order valence-corrected chi connectivity index (χ0v) is 41.5. The summed E-state index contributed by atoms with van der Waals surface area (Å²) in [6.45, 7) is 0. The first kappa shape index (κ1) is 46.7. The van der Waals surface area contributed by atoms with Crippen LogP contribution in [0, 0.1) is 0 Å². The van der Waals surface area contributed by atoms with Crippen molar-refractivity contribution in [3.63, 3.8) is 0 Å². The SMILES string of the molecule is FC(F)(F)c1ccc(C(CCc2cccc3c2oc2c(C4CCCC4)cccc23)c2ccc3ccc4c(N(c5ccc(C(F)(F)F)cc5)c5cccc6c5oc5c(C7CCCC7)cccc56)ccc5ccc2c3c54)cc1. The van der Waals surface area contributed by atoms with Gasteiger partial charge in [0.1, 0.15) is 16.7 Å². The van der Waals surface area contributed by atoms with Crippen molar-refractivity contribution >= 4 is 93.3 Å². The Kier molecular flexibility index (Phi) is 11.0. The van der Waals surface area contributed by atoms with Crippen molar-refractivity contribution in [2.75, 3.05) is 4.90 Å². The normalized spacial score (nSPS) is 15.6. The van der Waals surface area contributed by atoms with Crippen LogP contribution < -0.4 is 4.90 Å². The summed E-state index contributed by atoms with van der Waals surface area (Å²) in [5.74, 6) is 0.541. The summed E-state index contributed by atoms with van der Waals surface area (Å²) in [7, 11) is 0. The van der Waals surface area contributed by atoms with Gasteiger partial charge in [-0.05, 0) is 154 Å². The zero-order valence-electron chi connectivity index (χ0n) is 41.5. The molecule has 0 N–H and O–H groups in total. The Morgan fingerprint density at radius 3 is 1.53 bits per heavy atom. The Hall–Kier alpha value is -7.78. The van der Waals surface area contributed by atoms with Gasteiger partial charge in [-0.15, -0.1) is 0 Å². The van der Waals surface area contributed by atoms with Crippen molar-refractivity contribution in [1.82, 2.24) is 0 Å². The third-order valence-electron chi connectivity index (χ3n) is 17.1. The maximum Gasteiger partial charge on any atom is 0.416 e. The minimum Gasteiger partial charge on any atom is -0.455 e. The molecule has 0 bridgehead atoms. The number of para-hydroxylation sites is 4. The molecule has 9 heteroatoms. The van der Waals surface area contributed by atoms with Crippen LogP contribution in [0.15, 0.2) is 179 Å². The molecule has 0 radical (unpaired) electrons. The molecule has 0 spiro atoms. The number of anilines is 3. The maximum atomic E-state index is 14.2. The van der Waals surface area contributed by atoms with Gasteiger partial charge in [0.25, 0.3) is 0 Å². The Labute approximate surface area is 434 Å². The predicted octanol–water partition coefficient (Wildman–Crippen LogP) is 21.0. The Balaban J connectivity index is 0.934. The molecule has 1 unspecified atom stereocenters. The van der Waals surface area contributed by atoms with Crippen LogP contribution in [-0.4, -0.2) is 0 Å². The molecule has 2 heterocycles. The second kappa shape index (κ2) is 17.9. The van der Waals surface area contributed by atoms with Crippen molar-refractivity contribution < 1.29 is 35.2 Å². The molecular formula is C67H51F6NO2. The first-order valence-corrected chi connectivity index (χ1v) is 26.7. The van der Waals surface area contributed by atoms with Gasteiger partial charge in [-0.2, -0.15) is 26.3 Å². The number of nitrogens with zero attached hydrogens (tertiary/aromatic N) is 1. The minimum atomic E-state index is -4.53. The highest BCUT2D eigenvalue weighted by molar-refractivity contribution is 6.27. The lowest BCUT2D eigenvalue weighted by atomic mass is 9.81. The summed E-state index contributed by atoms with van der Waals surface area (Å²) < 4.78 is 98.8. The van der Waals surface area contributed by atoms with E-state index in [1.165, 1.54) is 61.1 Å². The number of halogens is 6. The molecule has 2 aliphatic carbocycles. The summed E-state index contributed by atoms with van der Waals surface area (Å²) in [4.78, 5) is 2.02. The van der Waals surface area contributed by atoms with Crippen LogP contribution in [0.3, 0.4) is 0 Å². The fraction of sp³-hybridized carbons (Fsp3) is 0.224. The molecule has 12 aromatic rings. The zero-order chi connectivity index (χ0) is 51.5. The molecule has 0 amide bonds. The quantitative estimate of drug-likeness (QED) is 0.101. The van der Waals surface area contributed by atoms with E-state index in [4.69, 9.17) is 8.83 Å². The molecule has 0 saturated heterocycles. The van der Waals surface area contributed by atoms with Crippen molar-refractivity contribution in [1.29, 1.82) is 0 Å². The number of hydrogen-bond acceptors (Lipinski definition) is 3. The molecule has 2 fully saturated rings. The average Bonchev–Trinajstić information content (AvgIpc) is 4.36. The van der Waals surface area contributed by atoms with E-state index < -0.39 is 23.5 Å². The molecule has 14 rings (SSSR count). The molecule has 10 aromatic carbocycles. The van der Waals surface area contributed by atoms with E-state index in [9.17, 15) is 26.3 Å². The molecule has 1 atom stereocenters. The van der Waals surface area contributed by atoms with Crippen molar-refractivity contribution in [2.45, 2.75) is 94.3 Å².